The SMILES string of the molecule is CCCCC/C=C\C/C=C\CCCCCCCC(=O)OCC(COC(=O)CCCCCCCCC/C=C\CCCCCCCCC)OC(=O)CCCCCCCCC/C=C\CCCCCCCCC. The van der Waals surface area contributed by atoms with Crippen molar-refractivity contribution in [2.24, 2.45) is 0 Å². The molecule has 0 amide bonds. The quantitative estimate of drug-likeness (QED) is 0.0262. The lowest BCUT2D eigenvalue weighted by atomic mass is 10.1. The van der Waals surface area contributed by atoms with E-state index in [1.807, 2.05) is 0 Å². The van der Waals surface area contributed by atoms with Gasteiger partial charge >= 0.3 is 17.9 Å². The topological polar surface area (TPSA) is 78.9 Å². The fourth-order valence-corrected chi connectivity index (χ4v) is 8.70. The van der Waals surface area contributed by atoms with Crippen molar-refractivity contribution in [1.29, 1.82) is 0 Å². The van der Waals surface area contributed by atoms with Gasteiger partial charge in [0.1, 0.15) is 13.2 Å². The van der Waals surface area contributed by atoms with Gasteiger partial charge in [-0.3, -0.25) is 14.4 Å². The van der Waals surface area contributed by atoms with E-state index in [1.165, 1.54) is 199 Å². The minimum absolute atomic E-state index is 0.0800. The molecule has 0 aromatic carbocycles. The van der Waals surface area contributed by atoms with Crippen LogP contribution in [0, 0.1) is 0 Å². The van der Waals surface area contributed by atoms with Crippen LogP contribution >= 0.6 is 0 Å². The minimum atomic E-state index is -0.783. The van der Waals surface area contributed by atoms with E-state index >= 15 is 0 Å². The molecule has 0 N–H and O–H groups in total. The average molecular weight is 968 g/mol. The monoisotopic (exact) mass is 967 g/mol. The molecule has 0 aliphatic heterocycles. The molecule has 0 saturated heterocycles. The number of unbranched alkanes of at least 4 members (excludes halogenated alkanes) is 36. The summed E-state index contributed by atoms with van der Waals surface area (Å²) in [4.78, 5) is 38.2. The van der Waals surface area contributed by atoms with E-state index < -0.39 is 6.10 Å². The number of hydrogen-bond donors (Lipinski definition) is 0. The molecule has 0 aliphatic rings. The van der Waals surface area contributed by atoms with Gasteiger partial charge in [-0.15, -0.1) is 0 Å². The Labute approximate surface area is 428 Å². The van der Waals surface area contributed by atoms with Crippen LogP contribution in [0.15, 0.2) is 48.6 Å². The summed E-state index contributed by atoms with van der Waals surface area (Å²) in [7, 11) is 0. The predicted octanol–water partition coefficient (Wildman–Crippen LogP) is 20.2. The van der Waals surface area contributed by atoms with Crippen molar-refractivity contribution in [1.82, 2.24) is 0 Å². The van der Waals surface area contributed by atoms with E-state index in [-0.39, 0.29) is 31.1 Å². The molecular formula is C63H114O6. The molecule has 0 aromatic rings. The molecule has 0 spiro atoms. The Kier molecular flexibility index (Phi) is 55.7. The number of esters is 3. The molecule has 1 atom stereocenters. The summed E-state index contributed by atoms with van der Waals surface area (Å²) in [5, 5.41) is 0. The van der Waals surface area contributed by atoms with E-state index in [1.54, 1.807) is 0 Å². The summed E-state index contributed by atoms with van der Waals surface area (Å²) in [5.41, 5.74) is 0. The van der Waals surface area contributed by atoms with Gasteiger partial charge in [-0.25, -0.2) is 0 Å². The maximum atomic E-state index is 12.9. The highest BCUT2D eigenvalue weighted by Crippen LogP contribution is 2.16. The summed E-state index contributed by atoms with van der Waals surface area (Å²) in [6.07, 6.45) is 71.0. The van der Waals surface area contributed by atoms with Gasteiger partial charge in [0, 0.05) is 19.3 Å². The van der Waals surface area contributed by atoms with Crippen molar-refractivity contribution < 1.29 is 28.6 Å². The van der Waals surface area contributed by atoms with Crippen molar-refractivity contribution >= 4 is 17.9 Å². The lowest BCUT2D eigenvalue weighted by Crippen LogP contribution is -2.30. The largest absolute Gasteiger partial charge is 0.462 e. The molecule has 6 nitrogen and oxygen atoms in total. The average Bonchev–Trinajstić information content (AvgIpc) is 3.35. The minimum Gasteiger partial charge on any atom is -0.462 e. The lowest BCUT2D eigenvalue weighted by molar-refractivity contribution is -0.167. The summed E-state index contributed by atoms with van der Waals surface area (Å²) in [5.74, 6) is -0.887. The molecule has 0 fully saturated rings. The standard InChI is InChI=1S/C63H114O6/c1-4-7-10-13-16-19-22-25-28-30-32-35-38-41-44-47-50-53-56-62(65)68-59-60(58-67-61(64)55-52-49-46-43-40-37-34-27-24-21-18-15-12-9-6-3)69-63(66)57-54-51-48-45-42-39-36-33-31-29-26-23-20-17-14-11-8-5-2/h18,21,27-31,34,60H,4-17,19-20,22-26,32-33,35-59H2,1-3H3/b21-18-,30-28-,31-29-,34-27-. The number of ether oxygens (including phenoxy) is 3. The van der Waals surface area contributed by atoms with Crippen molar-refractivity contribution in [3.63, 3.8) is 0 Å². The smallest absolute Gasteiger partial charge is 0.306 e. The Balaban J connectivity index is 4.38. The number of carbonyl (C=O) groups excluding carboxylic acids is 3. The highest BCUT2D eigenvalue weighted by Gasteiger charge is 2.19. The molecule has 0 radical (unpaired) electrons. The predicted molar refractivity (Wildman–Crippen MR) is 298 cm³/mol. The van der Waals surface area contributed by atoms with Gasteiger partial charge in [0.25, 0.3) is 0 Å². The summed E-state index contributed by atoms with van der Waals surface area (Å²) in [6.45, 7) is 6.63. The summed E-state index contributed by atoms with van der Waals surface area (Å²) >= 11 is 0. The second-order valence-electron chi connectivity index (χ2n) is 20.2. The van der Waals surface area contributed by atoms with Gasteiger partial charge in [-0.05, 0) is 103 Å². The molecule has 1 unspecified atom stereocenters. The number of allylic oxidation sites excluding steroid dienone is 8. The normalized spacial score (nSPS) is 12.3. The highest BCUT2D eigenvalue weighted by atomic mass is 16.6. The molecule has 0 heterocycles. The lowest BCUT2D eigenvalue weighted by Gasteiger charge is -2.18. The van der Waals surface area contributed by atoms with Crippen LogP contribution in [0.2, 0.25) is 0 Å². The molecule has 402 valence electrons. The first kappa shape index (κ1) is 66.4. The van der Waals surface area contributed by atoms with Crippen LogP contribution in [0.1, 0.15) is 316 Å². The molecular weight excluding hydrogens is 853 g/mol. The molecule has 0 aromatic heterocycles. The Hall–Kier alpha value is -2.63. The van der Waals surface area contributed by atoms with Gasteiger partial charge in [0.15, 0.2) is 6.10 Å². The van der Waals surface area contributed by atoms with E-state index in [0.29, 0.717) is 19.3 Å². The van der Waals surface area contributed by atoms with Crippen molar-refractivity contribution in [3.05, 3.63) is 48.6 Å². The van der Waals surface area contributed by atoms with Crippen LogP contribution < -0.4 is 0 Å². The second-order valence-corrected chi connectivity index (χ2v) is 20.2. The fraction of sp³-hybridized carbons (Fsp3) is 0.825. The molecule has 6 heteroatoms. The fourth-order valence-electron chi connectivity index (χ4n) is 8.70. The van der Waals surface area contributed by atoms with Gasteiger partial charge < -0.3 is 14.2 Å². The number of carbonyl (C=O) groups is 3. The first-order valence-corrected chi connectivity index (χ1v) is 30.1. The third-order valence-electron chi connectivity index (χ3n) is 13.3. The Morgan fingerprint density at radius 1 is 0.290 bits per heavy atom. The first-order valence-electron chi connectivity index (χ1n) is 30.1. The van der Waals surface area contributed by atoms with Crippen LogP contribution in [0.3, 0.4) is 0 Å². The van der Waals surface area contributed by atoms with Gasteiger partial charge in [0.05, 0.1) is 0 Å². The van der Waals surface area contributed by atoms with E-state index in [0.717, 1.165) is 77.0 Å². The zero-order valence-corrected chi connectivity index (χ0v) is 46.1. The maximum Gasteiger partial charge on any atom is 0.306 e. The molecule has 0 rings (SSSR count). The van der Waals surface area contributed by atoms with E-state index in [9.17, 15) is 14.4 Å². The van der Waals surface area contributed by atoms with Gasteiger partial charge in [-0.2, -0.15) is 0 Å². The van der Waals surface area contributed by atoms with Crippen molar-refractivity contribution in [2.45, 2.75) is 322 Å². The van der Waals surface area contributed by atoms with Crippen molar-refractivity contribution in [3.8, 4) is 0 Å². The van der Waals surface area contributed by atoms with E-state index in [4.69, 9.17) is 14.2 Å². The third-order valence-corrected chi connectivity index (χ3v) is 13.3. The second kappa shape index (κ2) is 57.9. The Morgan fingerprint density at radius 2 is 0.522 bits per heavy atom. The van der Waals surface area contributed by atoms with Gasteiger partial charge in [-0.1, -0.05) is 243 Å². The van der Waals surface area contributed by atoms with E-state index in [2.05, 4.69) is 69.4 Å². The molecule has 0 aliphatic carbocycles. The summed E-state index contributed by atoms with van der Waals surface area (Å²) in [6, 6.07) is 0. The summed E-state index contributed by atoms with van der Waals surface area (Å²) < 4.78 is 16.9. The first-order chi connectivity index (χ1) is 34.0. The van der Waals surface area contributed by atoms with Crippen LogP contribution in [0.25, 0.3) is 0 Å². The van der Waals surface area contributed by atoms with Crippen LogP contribution in [-0.4, -0.2) is 37.2 Å². The number of rotatable bonds is 55. The molecule has 0 saturated carbocycles. The zero-order valence-electron chi connectivity index (χ0n) is 46.1. The molecule has 0 bridgehead atoms. The van der Waals surface area contributed by atoms with Crippen LogP contribution in [0.4, 0.5) is 0 Å². The third kappa shape index (κ3) is 56.2. The van der Waals surface area contributed by atoms with Crippen LogP contribution in [-0.2, 0) is 28.6 Å². The van der Waals surface area contributed by atoms with Crippen molar-refractivity contribution in [2.75, 3.05) is 13.2 Å². The highest BCUT2D eigenvalue weighted by molar-refractivity contribution is 5.71. The zero-order chi connectivity index (χ0) is 50.0. The van der Waals surface area contributed by atoms with Crippen LogP contribution in [0.5, 0.6) is 0 Å². The maximum absolute atomic E-state index is 12.9. The Bertz CT molecular complexity index is 1200. The Morgan fingerprint density at radius 3 is 0.841 bits per heavy atom. The van der Waals surface area contributed by atoms with Gasteiger partial charge in [0.2, 0.25) is 0 Å². The number of hydrogen-bond acceptors (Lipinski definition) is 6. The molecule has 69 heavy (non-hydrogen) atoms.